The molecule has 1 aliphatic heterocycles. The van der Waals surface area contributed by atoms with Crippen LogP contribution in [-0.2, 0) is 0 Å². The summed E-state index contributed by atoms with van der Waals surface area (Å²) in [5.41, 5.74) is 1.99. The van der Waals surface area contributed by atoms with E-state index in [1.54, 1.807) is 31.8 Å². The first-order valence-electron chi connectivity index (χ1n) is 9.15. The first-order valence-corrected chi connectivity index (χ1v) is 9.15. The van der Waals surface area contributed by atoms with Gasteiger partial charge in [0.15, 0.2) is 0 Å². The number of rotatable bonds is 5. The summed E-state index contributed by atoms with van der Waals surface area (Å²) in [7, 11) is 1.62. The van der Waals surface area contributed by atoms with Gasteiger partial charge in [0, 0.05) is 43.9 Å². The fourth-order valence-electron chi connectivity index (χ4n) is 3.29. The predicted octanol–water partition coefficient (Wildman–Crippen LogP) is 2.56. The Labute approximate surface area is 162 Å². The third-order valence-corrected chi connectivity index (χ3v) is 4.75. The molecule has 1 saturated heterocycles. The second-order valence-electron chi connectivity index (χ2n) is 6.52. The van der Waals surface area contributed by atoms with Gasteiger partial charge in [0.1, 0.15) is 17.5 Å². The van der Waals surface area contributed by atoms with Crippen molar-refractivity contribution in [3.63, 3.8) is 0 Å². The van der Waals surface area contributed by atoms with Crippen LogP contribution in [0.2, 0.25) is 0 Å². The first-order chi connectivity index (χ1) is 13.7. The highest BCUT2D eigenvalue weighted by molar-refractivity contribution is 5.93. The van der Waals surface area contributed by atoms with Crippen LogP contribution in [0.4, 0.5) is 0 Å². The van der Waals surface area contributed by atoms with E-state index in [-0.39, 0.29) is 12.0 Å². The molecule has 0 radical (unpaired) electrons. The maximum absolute atomic E-state index is 12.8. The van der Waals surface area contributed by atoms with Crippen LogP contribution < -0.4 is 9.47 Å². The minimum Gasteiger partial charge on any atom is -0.496 e. The zero-order valence-electron chi connectivity index (χ0n) is 15.5. The number of piperidine rings is 1. The maximum atomic E-state index is 12.8. The molecule has 3 heterocycles. The minimum atomic E-state index is -0.0633. The summed E-state index contributed by atoms with van der Waals surface area (Å²) in [6.45, 7) is 1.24. The molecular weight excluding hydrogens is 358 g/mol. The third kappa shape index (κ3) is 3.80. The van der Waals surface area contributed by atoms with Crippen molar-refractivity contribution in [2.24, 2.45) is 0 Å². The molecule has 0 aliphatic carbocycles. The van der Waals surface area contributed by atoms with Crippen LogP contribution in [0.15, 0.2) is 48.9 Å². The molecule has 8 heteroatoms. The van der Waals surface area contributed by atoms with E-state index in [9.17, 15) is 4.79 Å². The number of para-hydroxylation sites is 1. The van der Waals surface area contributed by atoms with E-state index >= 15 is 0 Å². The number of likely N-dealkylation sites (tertiary alicyclic amines) is 1. The summed E-state index contributed by atoms with van der Waals surface area (Å²) in [5, 5.41) is 7.15. The number of nitrogens with one attached hydrogen (secondary N) is 1. The molecule has 1 aliphatic rings. The van der Waals surface area contributed by atoms with Gasteiger partial charge in [-0.05, 0) is 18.2 Å². The molecule has 1 fully saturated rings. The Bertz CT molecular complexity index is 936. The molecule has 8 nitrogen and oxygen atoms in total. The van der Waals surface area contributed by atoms with Gasteiger partial charge in [-0.1, -0.05) is 12.1 Å². The van der Waals surface area contributed by atoms with Crippen LogP contribution in [0.1, 0.15) is 23.3 Å². The number of nitrogens with zero attached hydrogens (tertiary/aromatic N) is 4. The van der Waals surface area contributed by atoms with Gasteiger partial charge in [-0.15, -0.1) is 0 Å². The summed E-state index contributed by atoms with van der Waals surface area (Å²) < 4.78 is 11.2. The van der Waals surface area contributed by atoms with Gasteiger partial charge in [0.05, 0.1) is 19.0 Å². The van der Waals surface area contributed by atoms with E-state index in [1.165, 1.54) is 0 Å². The highest BCUT2D eigenvalue weighted by Crippen LogP contribution is 2.28. The highest BCUT2D eigenvalue weighted by Gasteiger charge is 2.26. The zero-order chi connectivity index (χ0) is 19.3. The molecule has 1 aromatic carbocycles. The largest absolute Gasteiger partial charge is 0.496 e. The number of hydrogen-bond donors (Lipinski definition) is 1. The number of carbonyl (C=O) groups is 1. The summed E-state index contributed by atoms with van der Waals surface area (Å²) in [6, 6.07) is 9.36. The van der Waals surface area contributed by atoms with Gasteiger partial charge in [-0.3, -0.25) is 14.9 Å². The molecule has 3 aromatic rings. The van der Waals surface area contributed by atoms with Crippen molar-refractivity contribution in [2.45, 2.75) is 18.9 Å². The molecule has 0 bridgehead atoms. The maximum Gasteiger partial charge on any atom is 0.271 e. The van der Waals surface area contributed by atoms with Crippen LogP contribution in [0, 0.1) is 0 Å². The van der Waals surface area contributed by atoms with Crippen molar-refractivity contribution < 1.29 is 14.3 Å². The van der Waals surface area contributed by atoms with E-state index in [0.29, 0.717) is 30.4 Å². The summed E-state index contributed by atoms with van der Waals surface area (Å²) in [4.78, 5) is 22.8. The number of hydrogen-bond acceptors (Lipinski definition) is 6. The third-order valence-electron chi connectivity index (χ3n) is 4.75. The summed E-state index contributed by atoms with van der Waals surface area (Å²) in [5.74, 6) is 1.17. The van der Waals surface area contributed by atoms with E-state index < -0.39 is 0 Å². The molecule has 144 valence electrons. The number of aromatic nitrogens is 4. The molecule has 2 aromatic heterocycles. The minimum absolute atomic E-state index is 0.0339. The van der Waals surface area contributed by atoms with Crippen molar-refractivity contribution in [3.05, 3.63) is 54.6 Å². The number of carbonyl (C=O) groups excluding carboxylic acids is 1. The van der Waals surface area contributed by atoms with Crippen molar-refractivity contribution in [3.8, 4) is 22.9 Å². The summed E-state index contributed by atoms with van der Waals surface area (Å²) >= 11 is 0. The number of amides is 1. The predicted molar refractivity (Wildman–Crippen MR) is 102 cm³/mol. The van der Waals surface area contributed by atoms with Crippen LogP contribution in [0.25, 0.3) is 11.3 Å². The average molecular weight is 379 g/mol. The van der Waals surface area contributed by atoms with Gasteiger partial charge < -0.3 is 14.4 Å². The van der Waals surface area contributed by atoms with Gasteiger partial charge in [-0.2, -0.15) is 5.10 Å². The molecule has 0 atom stereocenters. The van der Waals surface area contributed by atoms with Crippen molar-refractivity contribution in [2.75, 3.05) is 20.2 Å². The second kappa shape index (κ2) is 8.08. The van der Waals surface area contributed by atoms with Gasteiger partial charge in [0.25, 0.3) is 5.91 Å². The quantitative estimate of drug-likeness (QED) is 0.732. The molecule has 1 N–H and O–H groups in total. The number of aromatic amines is 1. The SMILES string of the molecule is COc1ccccc1-c1cc(C(=O)N2CCC(Oc3cnccn3)CC2)[nH]n1. The zero-order valence-corrected chi connectivity index (χ0v) is 15.5. The van der Waals surface area contributed by atoms with E-state index in [2.05, 4.69) is 20.2 Å². The lowest BCUT2D eigenvalue weighted by atomic mass is 10.1. The molecule has 0 unspecified atom stereocenters. The Balaban J connectivity index is 1.39. The van der Waals surface area contributed by atoms with Gasteiger partial charge in [-0.25, -0.2) is 4.98 Å². The molecular formula is C20H21N5O3. The van der Waals surface area contributed by atoms with Crippen LogP contribution in [0.5, 0.6) is 11.6 Å². The van der Waals surface area contributed by atoms with Crippen molar-refractivity contribution in [1.82, 2.24) is 25.1 Å². The van der Waals surface area contributed by atoms with Crippen LogP contribution in [-0.4, -0.2) is 57.3 Å². The summed E-state index contributed by atoms with van der Waals surface area (Å²) in [6.07, 6.45) is 6.34. The smallest absolute Gasteiger partial charge is 0.271 e. The second-order valence-corrected chi connectivity index (χ2v) is 6.52. The molecule has 4 rings (SSSR count). The molecule has 1 amide bonds. The lowest BCUT2D eigenvalue weighted by Gasteiger charge is -2.31. The Morgan fingerprint density at radius 1 is 1.21 bits per heavy atom. The Hall–Kier alpha value is -3.42. The molecule has 0 saturated carbocycles. The highest BCUT2D eigenvalue weighted by atomic mass is 16.5. The monoisotopic (exact) mass is 379 g/mol. The number of benzene rings is 1. The molecule has 28 heavy (non-hydrogen) atoms. The fourth-order valence-corrected chi connectivity index (χ4v) is 3.29. The first kappa shape index (κ1) is 18.0. The molecule has 0 spiro atoms. The number of methoxy groups -OCH3 is 1. The van der Waals surface area contributed by atoms with E-state index in [4.69, 9.17) is 9.47 Å². The van der Waals surface area contributed by atoms with Crippen molar-refractivity contribution >= 4 is 5.91 Å². The lowest BCUT2D eigenvalue weighted by molar-refractivity contribution is 0.0582. The Morgan fingerprint density at radius 2 is 2.04 bits per heavy atom. The average Bonchev–Trinajstić information content (AvgIpc) is 3.24. The van der Waals surface area contributed by atoms with Crippen molar-refractivity contribution in [1.29, 1.82) is 0 Å². The fraction of sp³-hybridized carbons (Fsp3) is 0.300. The topological polar surface area (TPSA) is 93.2 Å². The van der Waals surface area contributed by atoms with Gasteiger partial charge in [0.2, 0.25) is 5.88 Å². The Kier molecular flexibility index (Phi) is 5.18. The number of H-pyrrole nitrogens is 1. The standard InChI is InChI=1S/C20H21N5O3/c1-27-18-5-3-2-4-15(18)16-12-17(24-23-16)20(26)25-10-6-14(7-11-25)28-19-13-21-8-9-22-19/h2-5,8-9,12-14H,6-7,10-11H2,1H3,(H,23,24). The lowest BCUT2D eigenvalue weighted by Crippen LogP contribution is -2.42. The van der Waals surface area contributed by atoms with Gasteiger partial charge >= 0.3 is 0 Å². The Morgan fingerprint density at radius 3 is 2.79 bits per heavy atom. The van der Waals surface area contributed by atoms with E-state index in [0.717, 1.165) is 24.2 Å². The number of ether oxygens (including phenoxy) is 2. The van der Waals surface area contributed by atoms with Crippen LogP contribution in [0.3, 0.4) is 0 Å². The normalized spacial score (nSPS) is 14.7. The van der Waals surface area contributed by atoms with Crippen LogP contribution >= 0.6 is 0 Å². The van der Waals surface area contributed by atoms with E-state index in [1.807, 2.05) is 29.2 Å².